The van der Waals surface area contributed by atoms with E-state index in [-0.39, 0.29) is 17.5 Å². The molecule has 0 radical (unpaired) electrons. The number of hydrogen-bond donors (Lipinski definition) is 1. The molecule has 31 heavy (non-hydrogen) atoms. The average molecular weight is 421 g/mol. The first-order valence-corrected chi connectivity index (χ1v) is 9.44. The molecule has 3 rings (SSSR count). The van der Waals surface area contributed by atoms with Crippen molar-refractivity contribution < 1.29 is 9.66 Å². The fourth-order valence-corrected chi connectivity index (χ4v) is 2.80. The third kappa shape index (κ3) is 5.50. The van der Waals surface area contributed by atoms with E-state index in [2.05, 4.69) is 25.5 Å². The molecule has 0 fully saturated rings. The Kier molecular flexibility index (Phi) is 6.71. The van der Waals surface area contributed by atoms with Gasteiger partial charge in [0, 0.05) is 24.7 Å². The maximum absolute atomic E-state index is 11.5. The van der Waals surface area contributed by atoms with Crippen LogP contribution in [0.1, 0.15) is 12.5 Å². The summed E-state index contributed by atoms with van der Waals surface area (Å²) in [4.78, 5) is 25.8. The third-order valence-electron chi connectivity index (χ3n) is 4.46. The maximum Gasteiger partial charge on any atom is 0.309 e. The zero-order chi connectivity index (χ0) is 22.4. The number of methoxy groups -OCH3 is 1. The van der Waals surface area contributed by atoms with Gasteiger partial charge in [-0.2, -0.15) is 10.1 Å². The Morgan fingerprint density at radius 3 is 2.39 bits per heavy atom. The number of nitro groups is 1. The van der Waals surface area contributed by atoms with Crippen molar-refractivity contribution in [3.8, 4) is 5.75 Å². The van der Waals surface area contributed by atoms with E-state index in [1.807, 2.05) is 43.3 Å². The molecule has 1 atom stereocenters. The van der Waals surface area contributed by atoms with Crippen LogP contribution >= 0.6 is 0 Å². The van der Waals surface area contributed by atoms with E-state index >= 15 is 0 Å². The summed E-state index contributed by atoms with van der Waals surface area (Å²) in [5.74, 6) is 0.815. The van der Waals surface area contributed by atoms with E-state index in [9.17, 15) is 10.1 Å². The lowest BCUT2D eigenvalue weighted by molar-refractivity contribution is -0.484. The number of ether oxygens (including phenoxy) is 1. The number of amidine groups is 1. The molecule has 0 bridgehead atoms. The van der Waals surface area contributed by atoms with Crippen molar-refractivity contribution in [3.05, 3.63) is 64.2 Å². The van der Waals surface area contributed by atoms with E-state index in [0.29, 0.717) is 11.4 Å². The molecule has 1 N–H and O–H groups in total. The van der Waals surface area contributed by atoms with E-state index in [4.69, 9.17) is 4.74 Å². The van der Waals surface area contributed by atoms with Crippen molar-refractivity contribution >= 4 is 35.1 Å². The minimum Gasteiger partial charge on any atom is -0.497 e. The smallest absolute Gasteiger partial charge is 0.309 e. The van der Waals surface area contributed by atoms with Gasteiger partial charge in [-0.25, -0.2) is 15.4 Å². The molecule has 160 valence electrons. The first-order valence-electron chi connectivity index (χ1n) is 9.44. The molecule has 1 heterocycles. The van der Waals surface area contributed by atoms with Gasteiger partial charge in [0.25, 0.3) is 0 Å². The fraction of sp³-hybridized carbons (Fsp3) is 0.238. The standard InChI is InChI=1S/C21H23N7O3/c1-14-19(28(29)30)20(24-16-7-11-18(31-4)12-8-16)25-21(23-14)26-22-13-15-5-9-17(10-6-15)27(2)3/h5-13,19H,1-4H3,(H,24,25,26)/b22-13-/t19-/m0/s1. The molecule has 0 unspecified atom stereocenters. The number of rotatable bonds is 6. The highest BCUT2D eigenvalue weighted by molar-refractivity contribution is 6.18. The van der Waals surface area contributed by atoms with Crippen molar-refractivity contribution in [2.24, 2.45) is 20.1 Å². The molecule has 0 spiro atoms. The van der Waals surface area contributed by atoms with E-state index in [0.717, 1.165) is 11.3 Å². The van der Waals surface area contributed by atoms with Crippen LogP contribution in [0.2, 0.25) is 0 Å². The van der Waals surface area contributed by atoms with Crippen molar-refractivity contribution in [1.29, 1.82) is 0 Å². The Hall–Kier alpha value is -4.08. The second-order valence-electron chi connectivity index (χ2n) is 6.90. The first kappa shape index (κ1) is 21.6. The third-order valence-corrected chi connectivity index (χ3v) is 4.46. The molecule has 1 aliphatic heterocycles. The van der Waals surface area contributed by atoms with Crippen LogP contribution in [0.15, 0.2) is 68.6 Å². The van der Waals surface area contributed by atoms with E-state index in [1.54, 1.807) is 44.5 Å². The zero-order valence-corrected chi connectivity index (χ0v) is 17.7. The summed E-state index contributed by atoms with van der Waals surface area (Å²) < 4.78 is 5.12. The van der Waals surface area contributed by atoms with Gasteiger partial charge in [0.1, 0.15) is 11.5 Å². The quantitative estimate of drug-likeness (QED) is 0.437. The number of nitrogens with one attached hydrogen (secondary N) is 1. The van der Waals surface area contributed by atoms with Gasteiger partial charge >= 0.3 is 6.04 Å². The largest absolute Gasteiger partial charge is 0.497 e. The number of aliphatic imine (C=N–C) groups is 3. The fourth-order valence-electron chi connectivity index (χ4n) is 2.80. The number of anilines is 1. The highest BCUT2D eigenvalue weighted by atomic mass is 16.6. The van der Waals surface area contributed by atoms with Crippen molar-refractivity contribution in [3.63, 3.8) is 0 Å². The number of benzene rings is 2. The number of nitrogens with zero attached hydrogens (tertiary/aromatic N) is 6. The van der Waals surface area contributed by atoms with Crippen molar-refractivity contribution in [2.75, 3.05) is 26.1 Å². The summed E-state index contributed by atoms with van der Waals surface area (Å²) in [7, 11) is 5.49. The Labute approximate surface area is 179 Å². The molecule has 10 nitrogen and oxygen atoms in total. The van der Waals surface area contributed by atoms with Crippen LogP contribution in [-0.4, -0.2) is 55.9 Å². The highest BCUT2D eigenvalue weighted by Gasteiger charge is 2.34. The zero-order valence-electron chi connectivity index (χ0n) is 17.7. The lowest BCUT2D eigenvalue weighted by atomic mass is 10.1. The van der Waals surface area contributed by atoms with Gasteiger partial charge in [-0.05, 0) is 48.9 Å². The van der Waals surface area contributed by atoms with Crippen LogP contribution in [0, 0.1) is 10.1 Å². The van der Waals surface area contributed by atoms with Gasteiger partial charge in [0.05, 0.1) is 19.0 Å². The Morgan fingerprint density at radius 2 is 1.81 bits per heavy atom. The monoisotopic (exact) mass is 421 g/mol. The molecule has 0 saturated heterocycles. The minimum atomic E-state index is -1.23. The summed E-state index contributed by atoms with van der Waals surface area (Å²) in [6.07, 6.45) is 1.62. The molecule has 10 heteroatoms. The summed E-state index contributed by atoms with van der Waals surface area (Å²) in [6.45, 7) is 1.57. The molecule has 0 aromatic heterocycles. The summed E-state index contributed by atoms with van der Waals surface area (Å²) in [6, 6.07) is 13.4. The summed E-state index contributed by atoms with van der Waals surface area (Å²) in [5.41, 5.74) is 5.47. The van der Waals surface area contributed by atoms with Gasteiger partial charge in [0.15, 0.2) is 0 Å². The van der Waals surface area contributed by atoms with Gasteiger partial charge in [0.2, 0.25) is 11.8 Å². The highest BCUT2D eigenvalue weighted by Crippen LogP contribution is 2.20. The normalized spacial score (nSPS) is 17.3. The van der Waals surface area contributed by atoms with Crippen LogP contribution < -0.4 is 15.1 Å². The SMILES string of the molecule is COc1ccc(N=C2N=C(N/N=C\c3ccc(N(C)C)cc3)N=C(C)[C@@H]2[N+](=O)[O-])cc1. The Bertz CT molecular complexity index is 1060. The van der Waals surface area contributed by atoms with Gasteiger partial charge in [-0.15, -0.1) is 0 Å². The summed E-state index contributed by atoms with van der Waals surface area (Å²) >= 11 is 0. The van der Waals surface area contributed by atoms with Crippen molar-refractivity contribution in [2.45, 2.75) is 13.0 Å². The van der Waals surface area contributed by atoms with Crippen LogP contribution in [0.5, 0.6) is 5.75 Å². The first-order chi connectivity index (χ1) is 14.9. The Morgan fingerprint density at radius 1 is 1.13 bits per heavy atom. The van der Waals surface area contributed by atoms with Gasteiger partial charge in [-0.1, -0.05) is 12.1 Å². The number of hydrazone groups is 1. The summed E-state index contributed by atoms with van der Waals surface area (Å²) in [5, 5.41) is 15.7. The van der Waals surface area contributed by atoms with E-state index < -0.39 is 11.0 Å². The molecule has 1 aliphatic rings. The van der Waals surface area contributed by atoms with Crippen molar-refractivity contribution in [1.82, 2.24) is 5.43 Å². The topological polar surface area (TPSA) is 117 Å². The van der Waals surface area contributed by atoms with Gasteiger partial charge < -0.3 is 9.64 Å². The van der Waals surface area contributed by atoms with Crippen LogP contribution in [0.3, 0.4) is 0 Å². The molecule has 2 aromatic carbocycles. The molecule has 0 amide bonds. The average Bonchev–Trinajstić information content (AvgIpc) is 2.74. The second-order valence-corrected chi connectivity index (χ2v) is 6.90. The number of hydrogen-bond acceptors (Lipinski definition) is 8. The maximum atomic E-state index is 11.5. The second kappa shape index (κ2) is 9.61. The predicted molar refractivity (Wildman–Crippen MR) is 123 cm³/mol. The lowest BCUT2D eigenvalue weighted by Crippen LogP contribution is -2.40. The molecule has 2 aromatic rings. The lowest BCUT2D eigenvalue weighted by Gasteiger charge is -2.15. The van der Waals surface area contributed by atoms with Crippen LogP contribution in [0.4, 0.5) is 11.4 Å². The predicted octanol–water partition coefficient (Wildman–Crippen LogP) is 2.89. The molecule has 0 saturated carbocycles. The van der Waals surface area contributed by atoms with Gasteiger partial charge in [-0.3, -0.25) is 10.1 Å². The molecular weight excluding hydrogens is 398 g/mol. The Balaban J connectivity index is 1.81. The molecular formula is C21H23N7O3. The van der Waals surface area contributed by atoms with E-state index in [1.165, 1.54) is 0 Å². The minimum absolute atomic E-state index is 0.0238. The van der Waals surface area contributed by atoms with Crippen LogP contribution in [-0.2, 0) is 0 Å². The molecule has 0 aliphatic carbocycles. The van der Waals surface area contributed by atoms with Crippen LogP contribution in [0.25, 0.3) is 0 Å². The number of guanidine groups is 1.